The molecule has 1 aromatic rings. The van der Waals surface area contributed by atoms with E-state index in [-0.39, 0.29) is 11.3 Å². The Balaban J connectivity index is 1.81. The van der Waals surface area contributed by atoms with E-state index in [0.29, 0.717) is 24.3 Å². The number of rotatable bonds is 2. The first kappa shape index (κ1) is 14.7. The lowest BCUT2D eigenvalue weighted by molar-refractivity contribution is -0.385. The summed E-state index contributed by atoms with van der Waals surface area (Å²) in [6, 6.07) is 1.49. The number of pyridine rings is 1. The Kier molecular flexibility index (Phi) is 4.10. The second-order valence-corrected chi connectivity index (χ2v) is 6.18. The molecule has 0 atom stereocenters. The van der Waals surface area contributed by atoms with Crippen LogP contribution in [0.1, 0.15) is 12.8 Å². The molecule has 7 nitrogen and oxygen atoms in total. The molecule has 1 aromatic heterocycles. The van der Waals surface area contributed by atoms with E-state index in [2.05, 4.69) is 25.8 Å². The van der Waals surface area contributed by atoms with Crippen molar-refractivity contribution in [3.8, 4) is 0 Å². The number of nitrogens with zero attached hydrogens (tertiary/aromatic N) is 3. The van der Waals surface area contributed by atoms with E-state index < -0.39 is 4.92 Å². The summed E-state index contributed by atoms with van der Waals surface area (Å²) in [5, 5.41) is 10.8. The van der Waals surface area contributed by atoms with Gasteiger partial charge in [0.1, 0.15) is 12.0 Å². The van der Waals surface area contributed by atoms with Gasteiger partial charge in [-0.15, -0.1) is 0 Å². The van der Waals surface area contributed by atoms with Gasteiger partial charge >= 0.3 is 0 Å². The molecule has 1 spiro atoms. The molecule has 21 heavy (non-hydrogen) atoms. The minimum absolute atomic E-state index is 0.0142. The summed E-state index contributed by atoms with van der Waals surface area (Å²) in [4.78, 5) is 16.7. The molecule has 0 amide bonds. The normalized spacial score (nSPS) is 21.5. The average molecular weight is 358 g/mol. The van der Waals surface area contributed by atoms with Gasteiger partial charge in [-0.2, -0.15) is 0 Å². The minimum atomic E-state index is -0.444. The van der Waals surface area contributed by atoms with E-state index in [1.807, 2.05) is 0 Å². The fourth-order valence-corrected chi connectivity index (χ4v) is 3.41. The molecule has 2 aliphatic heterocycles. The molecule has 0 N–H and O–H groups in total. The fourth-order valence-electron chi connectivity index (χ4n) is 2.82. The third kappa shape index (κ3) is 3.02. The van der Waals surface area contributed by atoms with Gasteiger partial charge in [0, 0.05) is 45.2 Å². The third-order valence-electron chi connectivity index (χ3n) is 3.97. The lowest BCUT2D eigenvalue weighted by atomic mass is 9.92. The van der Waals surface area contributed by atoms with E-state index in [1.54, 1.807) is 0 Å². The SMILES string of the molecule is O=[N+]([O-])c1cnc(N2CCOC3(CCOCC3)C2)c(Br)c1. The zero-order valence-electron chi connectivity index (χ0n) is 11.5. The highest BCUT2D eigenvalue weighted by atomic mass is 79.9. The molecular formula is C13H16BrN3O4. The number of halogens is 1. The van der Waals surface area contributed by atoms with E-state index in [0.717, 1.165) is 31.7 Å². The summed E-state index contributed by atoms with van der Waals surface area (Å²) in [5.41, 5.74) is -0.195. The lowest BCUT2D eigenvalue weighted by Gasteiger charge is -2.45. The standard InChI is InChI=1S/C13H16BrN3O4/c14-11-7-10(17(18)19)8-15-12(11)16-3-6-21-13(9-16)1-4-20-5-2-13/h7-8H,1-6,9H2. The number of morpholine rings is 1. The second kappa shape index (κ2) is 5.86. The maximum Gasteiger partial charge on any atom is 0.288 e. The first-order chi connectivity index (χ1) is 10.1. The van der Waals surface area contributed by atoms with Crippen molar-refractivity contribution in [3.63, 3.8) is 0 Å². The van der Waals surface area contributed by atoms with Crippen molar-refractivity contribution in [1.82, 2.24) is 4.98 Å². The van der Waals surface area contributed by atoms with Crippen LogP contribution in [0.15, 0.2) is 16.7 Å². The molecule has 2 saturated heterocycles. The Labute approximate surface area is 130 Å². The van der Waals surface area contributed by atoms with Gasteiger partial charge in [-0.3, -0.25) is 10.1 Å². The van der Waals surface area contributed by atoms with E-state index in [1.165, 1.54) is 12.3 Å². The third-order valence-corrected chi connectivity index (χ3v) is 4.55. The molecule has 0 aliphatic carbocycles. The average Bonchev–Trinajstić information content (AvgIpc) is 2.48. The van der Waals surface area contributed by atoms with Crippen LogP contribution in [-0.2, 0) is 9.47 Å². The van der Waals surface area contributed by atoms with E-state index in [4.69, 9.17) is 9.47 Å². The quantitative estimate of drug-likeness (QED) is 0.596. The van der Waals surface area contributed by atoms with Gasteiger partial charge in [-0.25, -0.2) is 4.98 Å². The summed E-state index contributed by atoms with van der Waals surface area (Å²) in [6.45, 7) is 3.52. The summed E-state index contributed by atoms with van der Waals surface area (Å²) >= 11 is 3.39. The first-order valence-electron chi connectivity index (χ1n) is 6.86. The van der Waals surface area contributed by atoms with Crippen LogP contribution >= 0.6 is 15.9 Å². The maximum absolute atomic E-state index is 10.8. The summed E-state index contributed by atoms with van der Waals surface area (Å²) in [6.07, 6.45) is 3.04. The fraction of sp³-hybridized carbons (Fsp3) is 0.615. The van der Waals surface area contributed by atoms with Crippen LogP contribution in [0.3, 0.4) is 0 Å². The Bertz CT molecular complexity index is 543. The molecule has 0 radical (unpaired) electrons. The van der Waals surface area contributed by atoms with E-state index >= 15 is 0 Å². The van der Waals surface area contributed by atoms with Crippen molar-refractivity contribution in [2.24, 2.45) is 0 Å². The lowest BCUT2D eigenvalue weighted by Crippen LogP contribution is -2.54. The van der Waals surface area contributed by atoms with Gasteiger partial charge in [0.2, 0.25) is 0 Å². The van der Waals surface area contributed by atoms with Crippen LogP contribution in [0.4, 0.5) is 11.5 Å². The molecule has 8 heteroatoms. The molecule has 3 heterocycles. The molecule has 0 unspecified atom stereocenters. The zero-order chi connectivity index (χ0) is 14.9. The number of hydrogen-bond acceptors (Lipinski definition) is 6. The Morgan fingerprint density at radius 1 is 1.38 bits per heavy atom. The largest absolute Gasteiger partial charge is 0.381 e. The van der Waals surface area contributed by atoms with Crippen molar-refractivity contribution in [1.29, 1.82) is 0 Å². The van der Waals surface area contributed by atoms with Crippen LogP contribution in [0, 0.1) is 10.1 Å². The Morgan fingerprint density at radius 2 is 2.14 bits per heavy atom. The summed E-state index contributed by atoms with van der Waals surface area (Å²) in [7, 11) is 0. The van der Waals surface area contributed by atoms with Crippen molar-refractivity contribution in [3.05, 3.63) is 26.9 Å². The van der Waals surface area contributed by atoms with Gasteiger partial charge in [0.15, 0.2) is 0 Å². The number of hydrogen-bond donors (Lipinski definition) is 0. The van der Waals surface area contributed by atoms with Gasteiger partial charge in [0.25, 0.3) is 5.69 Å². The van der Waals surface area contributed by atoms with Crippen molar-refractivity contribution in [2.45, 2.75) is 18.4 Å². The second-order valence-electron chi connectivity index (χ2n) is 5.32. The van der Waals surface area contributed by atoms with Crippen LogP contribution in [-0.4, -0.2) is 48.4 Å². The minimum Gasteiger partial charge on any atom is -0.381 e. The molecular weight excluding hydrogens is 342 g/mol. The predicted molar refractivity (Wildman–Crippen MR) is 79.5 cm³/mol. The molecule has 2 fully saturated rings. The van der Waals surface area contributed by atoms with Crippen molar-refractivity contribution < 1.29 is 14.4 Å². The molecule has 0 bridgehead atoms. The van der Waals surface area contributed by atoms with Crippen molar-refractivity contribution >= 4 is 27.4 Å². The highest BCUT2D eigenvalue weighted by Gasteiger charge is 2.39. The van der Waals surface area contributed by atoms with Gasteiger partial charge < -0.3 is 14.4 Å². The number of anilines is 1. The van der Waals surface area contributed by atoms with Crippen molar-refractivity contribution in [2.75, 3.05) is 37.8 Å². The van der Waals surface area contributed by atoms with Crippen LogP contribution in [0.25, 0.3) is 0 Å². The topological polar surface area (TPSA) is 77.7 Å². The monoisotopic (exact) mass is 357 g/mol. The van der Waals surface area contributed by atoms with Crippen LogP contribution in [0.2, 0.25) is 0 Å². The molecule has 3 rings (SSSR count). The summed E-state index contributed by atoms with van der Waals surface area (Å²) in [5.74, 6) is 0.731. The molecule has 2 aliphatic rings. The van der Waals surface area contributed by atoms with Gasteiger partial charge in [0.05, 0.1) is 21.6 Å². The molecule has 0 saturated carbocycles. The van der Waals surface area contributed by atoms with Crippen LogP contribution in [0.5, 0.6) is 0 Å². The zero-order valence-corrected chi connectivity index (χ0v) is 13.0. The first-order valence-corrected chi connectivity index (χ1v) is 7.66. The van der Waals surface area contributed by atoms with Crippen LogP contribution < -0.4 is 4.90 Å². The maximum atomic E-state index is 10.8. The smallest absolute Gasteiger partial charge is 0.288 e. The number of ether oxygens (including phenoxy) is 2. The summed E-state index contributed by atoms with van der Waals surface area (Å²) < 4.78 is 12.0. The highest BCUT2D eigenvalue weighted by Crippen LogP contribution is 2.34. The highest BCUT2D eigenvalue weighted by molar-refractivity contribution is 9.10. The molecule has 0 aromatic carbocycles. The predicted octanol–water partition coefficient (Wildman–Crippen LogP) is 2.14. The molecule has 114 valence electrons. The van der Waals surface area contributed by atoms with E-state index in [9.17, 15) is 10.1 Å². The number of aromatic nitrogens is 1. The Morgan fingerprint density at radius 3 is 2.81 bits per heavy atom. The Hall–Kier alpha value is -1.25. The number of nitro groups is 1. The van der Waals surface area contributed by atoms with Gasteiger partial charge in [-0.05, 0) is 15.9 Å². The van der Waals surface area contributed by atoms with Gasteiger partial charge in [-0.1, -0.05) is 0 Å².